The van der Waals surface area contributed by atoms with E-state index in [0.29, 0.717) is 0 Å². The minimum Gasteiger partial charge on any atom is -0.158 e. The molecule has 0 radical (unpaired) electrons. The maximum absolute atomic E-state index is 5.09. The molecule has 0 bridgehead atoms. The first-order chi connectivity index (χ1) is 15.8. The number of aromatic nitrogens is 3. The fourth-order valence-electron chi connectivity index (χ4n) is 5.19. The Morgan fingerprint density at radius 2 is 1.09 bits per heavy atom. The van der Waals surface area contributed by atoms with E-state index in [1.807, 2.05) is 36.5 Å². The second-order valence-electron chi connectivity index (χ2n) is 8.36. The topological polar surface area (TPSA) is 30.7 Å². The quantitative estimate of drug-likeness (QED) is 0.284. The van der Waals surface area contributed by atoms with Crippen LogP contribution in [0, 0.1) is 6.92 Å². The number of hydrogen-bond acceptors (Lipinski definition) is 2. The molecule has 0 fully saturated rings. The summed E-state index contributed by atoms with van der Waals surface area (Å²) < 4.78 is 0. The normalized spacial score (nSPS) is 11.9. The molecule has 6 aromatic carbocycles. The Hall–Kier alpha value is -4.24. The first kappa shape index (κ1) is 17.4. The van der Waals surface area contributed by atoms with Crippen molar-refractivity contribution in [2.75, 3.05) is 0 Å². The lowest BCUT2D eigenvalue weighted by molar-refractivity contribution is 0.724. The van der Waals surface area contributed by atoms with Gasteiger partial charge in [0, 0.05) is 10.8 Å². The summed E-state index contributed by atoms with van der Waals surface area (Å²) in [6, 6.07) is 32.1. The lowest BCUT2D eigenvalue weighted by Gasteiger charge is -2.11. The van der Waals surface area contributed by atoms with Gasteiger partial charge in [-0.1, -0.05) is 78.9 Å². The van der Waals surface area contributed by atoms with E-state index in [2.05, 4.69) is 72.7 Å². The van der Waals surface area contributed by atoms with Crippen molar-refractivity contribution >= 4 is 54.0 Å². The van der Waals surface area contributed by atoms with Crippen LogP contribution in [0.4, 0.5) is 0 Å². The van der Waals surface area contributed by atoms with Crippen molar-refractivity contribution in [3.8, 4) is 5.69 Å². The monoisotopic (exact) mass is 409 g/mol. The molecule has 3 heteroatoms. The van der Waals surface area contributed by atoms with E-state index in [0.717, 1.165) is 16.6 Å². The number of rotatable bonds is 1. The van der Waals surface area contributed by atoms with E-state index in [-0.39, 0.29) is 0 Å². The van der Waals surface area contributed by atoms with Gasteiger partial charge < -0.3 is 0 Å². The summed E-state index contributed by atoms with van der Waals surface area (Å²) in [5.41, 5.74) is 3.16. The molecule has 0 unspecified atom stereocenters. The van der Waals surface area contributed by atoms with Crippen LogP contribution >= 0.6 is 0 Å². The molecule has 32 heavy (non-hydrogen) atoms. The number of benzene rings is 4. The highest BCUT2D eigenvalue weighted by atomic mass is 15.4. The molecule has 7 aromatic rings. The lowest BCUT2D eigenvalue weighted by Crippen LogP contribution is -2.05. The van der Waals surface area contributed by atoms with E-state index >= 15 is 0 Å². The van der Waals surface area contributed by atoms with Gasteiger partial charge in [-0.3, -0.25) is 0 Å². The third kappa shape index (κ3) is 2.25. The average molecular weight is 409 g/mol. The van der Waals surface area contributed by atoms with Crippen molar-refractivity contribution < 1.29 is 0 Å². The second kappa shape index (κ2) is 6.38. The summed E-state index contributed by atoms with van der Waals surface area (Å²) in [7, 11) is 0. The maximum atomic E-state index is 5.09. The smallest absolute Gasteiger partial charge is 0.103 e. The van der Waals surface area contributed by atoms with Crippen molar-refractivity contribution in [1.82, 2.24) is 15.0 Å². The van der Waals surface area contributed by atoms with Crippen LogP contribution in [0.3, 0.4) is 0 Å². The maximum Gasteiger partial charge on any atom is 0.103 e. The summed E-state index contributed by atoms with van der Waals surface area (Å²) in [4.78, 5) is 1.74. The number of hydrogen-bond donors (Lipinski definition) is 0. The van der Waals surface area contributed by atoms with Gasteiger partial charge >= 0.3 is 0 Å². The first-order valence-electron chi connectivity index (χ1n) is 10.9. The molecular weight excluding hydrogens is 390 g/mol. The third-order valence-corrected chi connectivity index (χ3v) is 6.69. The molecule has 0 saturated heterocycles. The molecule has 0 amide bonds. The molecule has 3 nitrogen and oxygen atoms in total. The largest absolute Gasteiger partial charge is 0.158 e. The van der Waals surface area contributed by atoms with E-state index in [4.69, 9.17) is 5.10 Å². The molecule has 0 atom stereocenters. The van der Waals surface area contributed by atoms with Crippen molar-refractivity contribution in [1.29, 1.82) is 0 Å². The Balaban J connectivity index is 1.83. The lowest BCUT2D eigenvalue weighted by atomic mass is 9.98. The molecule has 0 aliphatic carbocycles. The van der Waals surface area contributed by atoms with Crippen LogP contribution in [-0.2, 0) is 0 Å². The van der Waals surface area contributed by atoms with Crippen LogP contribution in [0.5, 0.6) is 0 Å². The van der Waals surface area contributed by atoms with Gasteiger partial charge in [-0.25, -0.2) is 0 Å². The van der Waals surface area contributed by atoms with Crippen molar-refractivity contribution in [2.45, 2.75) is 6.92 Å². The highest BCUT2D eigenvalue weighted by molar-refractivity contribution is 6.35. The predicted molar refractivity (Wildman–Crippen MR) is 134 cm³/mol. The predicted octanol–water partition coefficient (Wildman–Crippen LogP) is 7.34. The van der Waals surface area contributed by atoms with Gasteiger partial charge in [-0.2, -0.15) is 9.90 Å². The fraction of sp³-hybridized carbons (Fsp3) is 0.0345. The van der Waals surface area contributed by atoms with E-state index in [1.165, 1.54) is 48.7 Å². The summed E-state index contributed by atoms with van der Waals surface area (Å²) in [5.74, 6) is 0. The van der Waals surface area contributed by atoms with Crippen molar-refractivity contribution in [2.24, 2.45) is 0 Å². The van der Waals surface area contributed by atoms with Gasteiger partial charge in [0.05, 0.1) is 11.9 Å². The Labute approximate surface area is 184 Å². The standard InChI is InChI=1S/C29H19N3/c1-18-20-15-16-25-23-13-6-5-11-21(23)22-12-7-8-14-24(22)28(27(20)25)29-26(18)17-30-32(31-29)19-9-3-2-4-10-19/h2-17H,1H3. The fourth-order valence-corrected chi connectivity index (χ4v) is 5.19. The Kier molecular flexibility index (Phi) is 3.48. The van der Waals surface area contributed by atoms with Crippen molar-refractivity contribution in [3.05, 3.63) is 103 Å². The molecule has 1 aromatic heterocycles. The van der Waals surface area contributed by atoms with Crippen LogP contribution < -0.4 is 0 Å². The van der Waals surface area contributed by atoms with Gasteiger partial charge in [0.1, 0.15) is 5.52 Å². The molecule has 0 N–H and O–H groups in total. The van der Waals surface area contributed by atoms with Crippen LogP contribution in [0.15, 0.2) is 97.2 Å². The minimum atomic E-state index is 0.951. The molecule has 0 aliphatic rings. The van der Waals surface area contributed by atoms with Gasteiger partial charge in [0.2, 0.25) is 0 Å². The second-order valence-corrected chi connectivity index (χ2v) is 8.36. The minimum absolute atomic E-state index is 0.951. The zero-order valence-electron chi connectivity index (χ0n) is 17.6. The first-order valence-corrected chi connectivity index (χ1v) is 10.9. The van der Waals surface area contributed by atoms with E-state index in [9.17, 15) is 0 Å². The molecule has 0 saturated carbocycles. The van der Waals surface area contributed by atoms with Crippen LogP contribution in [0.25, 0.3) is 59.7 Å². The zero-order valence-corrected chi connectivity index (χ0v) is 17.6. The number of para-hydroxylation sites is 1. The summed E-state index contributed by atoms with van der Waals surface area (Å²) >= 11 is 0. The SMILES string of the molecule is Cc1c2cnn(-c3ccccc3)nc2c2c3ccccc3c3ccccc3c3ccc1c32. The summed E-state index contributed by atoms with van der Waals surface area (Å²) in [5, 5.41) is 20.9. The van der Waals surface area contributed by atoms with Crippen LogP contribution in [0.1, 0.15) is 5.56 Å². The Bertz CT molecular complexity index is 1830. The summed E-state index contributed by atoms with van der Waals surface area (Å²) in [6.45, 7) is 2.18. The molecule has 150 valence electrons. The number of nitrogens with zero attached hydrogens (tertiary/aromatic N) is 3. The molecule has 1 heterocycles. The number of fused-ring (bicyclic) bond motifs is 7. The van der Waals surface area contributed by atoms with Crippen molar-refractivity contribution in [3.63, 3.8) is 0 Å². The van der Waals surface area contributed by atoms with E-state index in [1.54, 1.807) is 4.80 Å². The molecule has 0 spiro atoms. The molecular formula is C29H19N3. The molecule has 0 aliphatic heterocycles. The average Bonchev–Trinajstić information content (AvgIpc) is 3.25. The number of aryl methyl sites for hydroxylation is 1. The molecule has 7 rings (SSSR count). The Morgan fingerprint density at radius 3 is 1.81 bits per heavy atom. The van der Waals surface area contributed by atoms with Crippen LogP contribution in [0.2, 0.25) is 0 Å². The van der Waals surface area contributed by atoms with Gasteiger partial charge in [-0.15, -0.1) is 5.10 Å². The third-order valence-electron chi connectivity index (χ3n) is 6.69. The van der Waals surface area contributed by atoms with Gasteiger partial charge in [0.25, 0.3) is 0 Å². The highest BCUT2D eigenvalue weighted by Gasteiger charge is 2.18. The van der Waals surface area contributed by atoms with Crippen LogP contribution in [-0.4, -0.2) is 15.0 Å². The zero-order chi connectivity index (χ0) is 21.2. The van der Waals surface area contributed by atoms with E-state index < -0.39 is 0 Å². The highest BCUT2D eigenvalue weighted by Crippen LogP contribution is 2.43. The van der Waals surface area contributed by atoms with Gasteiger partial charge in [-0.05, 0) is 62.3 Å². The summed E-state index contributed by atoms with van der Waals surface area (Å²) in [6.07, 6.45) is 1.97. The van der Waals surface area contributed by atoms with Gasteiger partial charge in [0.15, 0.2) is 0 Å². The Morgan fingerprint density at radius 1 is 0.531 bits per heavy atom.